The summed E-state index contributed by atoms with van der Waals surface area (Å²) in [6.07, 6.45) is 3.71. The number of rotatable bonds is 9. The molecule has 9 heteroatoms. The van der Waals surface area contributed by atoms with Gasteiger partial charge in [-0.3, -0.25) is 4.90 Å². The van der Waals surface area contributed by atoms with Crippen LogP contribution >= 0.6 is 0 Å². The third kappa shape index (κ3) is 5.98. The van der Waals surface area contributed by atoms with Crippen LogP contribution in [0.3, 0.4) is 0 Å². The number of hydrogen-bond donors (Lipinski definition) is 1. The number of nitrogens with zero attached hydrogens (tertiary/aromatic N) is 3. The number of ether oxygens (including phenoxy) is 2. The second kappa shape index (κ2) is 10.3. The zero-order chi connectivity index (χ0) is 23.3. The van der Waals surface area contributed by atoms with Crippen molar-refractivity contribution in [3.8, 4) is 0 Å². The van der Waals surface area contributed by atoms with Crippen molar-refractivity contribution in [2.45, 2.75) is 58.2 Å². The van der Waals surface area contributed by atoms with Gasteiger partial charge in [0, 0.05) is 27.3 Å². The minimum absolute atomic E-state index is 0.293. The molecule has 1 aromatic heterocycles. The number of aromatic nitrogens is 2. The Bertz CT molecular complexity index is 995. The number of imidazole rings is 1. The van der Waals surface area contributed by atoms with Crippen molar-refractivity contribution in [1.82, 2.24) is 14.5 Å². The van der Waals surface area contributed by atoms with E-state index in [1.54, 1.807) is 13.0 Å². The summed E-state index contributed by atoms with van der Waals surface area (Å²) in [6, 6.07) is 6.51. The van der Waals surface area contributed by atoms with Crippen LogP contribution in [0.2, 0.25) is 25.7 Å². The molecule has 0 aliphatic carbocycles. The third-order valence-electron chi connectivity index (χ3n) is 5.51. The van der Waals surface area contributed by atoms with E-state index in [-0.39, 0.29) is 6.04 Å². The third-order valence-corrected chi connectivity index (χ3v) is 7.22. The fourth-order valence-electron chi connectivity index (χ4n) is 3.81. The summed E-state index contributed by atoms with van der Waals surface area (Å²) in [5, 5.41) is 9.63. The van der Waals surface area contributed by atoms with Crippen LogP contribution in [-0.4, -0.2) is 59.5 Å². The summed E-state index contributed by atoms with van der Waals surface area (Å²) in [5.41, 5.74) is 2.46. The molecule has 1 fully saturated rings. The van der Waals surface area contributed by atoms with E-state index in [9.17, 15) is 14.7 Å². The number of likely N-dealkylation sites (tertiary alicyclic amines) is 1. The summed E-state index contributed by atoms with van der Waals surface area (Å²) in [5.74, 6) is 0.317. The molecule has 0 unspecified atom stereocenters. The second-order valence-corrected chi connectivity index (χ2v) is 14.8. The van der Waals surface area contributed by atoms with Crippen LogP contribution < -0.4 is 0 Å². The molecule has 32 heavy (non-hydrogen) atoms. The Morgan fingerprint density at radius 2 is 2.09 bits per heavy atom. The Morgan fingerprint density at radius 3 is 2.78 bits per heavy atom. The fraction of sp³-hybridized carbons (Fsp3) is 0.522. The van der Waals surface area contributed by atoms with E-state index in [0.717, 1.165) is 35.5 Å². The molecule has 1 aliphatic heterocycles. The topological polar surface area (TPSA) is 93.9 Å². The molecule has 1 saturated heterocycles. The smallest absolute Gasteiger partial charge is 0.407 e. The molecule has 0 spiro atoms. The van der Waals surface area contributed by atoms with Gasteiger partial charge in [0.1, 0.15) is 12.6 Å². The van der Waals surface area contributed by atoms with Crippen LogP contribution in [-0.2, 0) is 21.0 Å². The number of benzene rings is 1. The number of carbonyl (C=O) groups excluding carboxylic acids is 1. The van der Waals surface area contributed by atoms with E-state index in [2.05, 4.69) is 19.6 Å². The summed E-state index contributed by atoms with van der Waals surface area (Å²) in [4.78, 5) is 29.6. The lowest BCUT2D eigenvalue weighted by atomic mass is 10.2. The van der Waals surface area contributed by atoms with Gasteiger partial charge >= 0.3 is 12.1 Å². The van der Waals surface area contributed by atoms with Crippen molar-refractivity contribution in [2.24, 2.45) is 0 Å². The van der Waals surface area contributed by atoms with Gasteiger partial charge in [-0.15, -0.1) is 0 Å². The second-order valence-electron chi connectivity index (χ2n) is 9.21. The van der Waals surface area contributed by atoms with Crippen LogP contribution in [0, 0.1) is 0 Å². The predicted octanol–water partition coefficient (Wildman–Crippen LogP) is 4.74. The van der Waals surface area contributed by atoms with Crippen LogP contribution in [0.4, 0.5) is 4.79 Å². The van der Waals surface area contributed by atoms with Gasteiger partial charge in [0.25, 0.3) is 0 Å². The average molecular weight is 460 g/mol. The van der Waals surface area contributed by atoms with Crippen LogP contribution in [0.25, 0.3) is 17.1 Å². The lowest BCUT2D eigenvalue weighted by Crippen LogP contribution is -2.30. The SMILES string of the molecule is CCOC(=O)/C=C/c1ccc2c(c1)nc([C@@H]1CCCN1C(=O)O)n2COCC[Si](C)(C)C. The van der Waals surface area contributed by atoms with Crippen molar-refractivity contribution in [2.75, 3.05) is 19.8 Å². The van der Waals surface area contributed by atoms with E-state index in [0.29, 0.717) is 32.3 Å². The van der Waals surface area contributed by atoms with E-state index in [1.807, 2.05) is 22.8 Å². The highest BCUT2D eigenvalue weighted by molar-refractivity contribution is 6.76. The summed E-state index contributed by atoms with van der Waals surface area (Å²) >= 11 is 0. The average Bonchev–Trinajstić information content (AvgIpc) is 3.33. The molecule has 1 aliphatic rings. The van der Waals surface area contributed by atoms with Gasteiger partial charge in [0.2, 0.25) is 0 Å². The minimum Gasteiger partial charge on any atom is -0.465 e. The Hall–Kier alpha value is -2.65. The number of amides is 1. The lowest BCUT2D eigenvalue weighted by molar-refractivity contribution is -0.137. The molecule has 1 atom stereocenters. The standard InChI is InChI=1S/C23H33N3O5Si/c1-5-31-21(27)11-9-17-8-10-19-18(15-17)24-22(20-7-6-12-25(20)23(28)29)26(19)16-30-13-14-32(2,3)4/h8-11,15,20H,5-7,12-14,16H2,1-4H3,(H,28,29)/b11-9+/t20-/m0/s1. The number of hydrogen-bond acceptors (Lipinski definition) is 5. The molecule has 2 aromatic rings. The first-order valence-corrected chi connectivity index (χ1v) is 14.8. The summed E-state index contributed by atoms with van der Waals surface area (Å²) in [7, 11) is -1.21. The van der Waals surface area contributed by atoms with Gasteiger partial charge in [-0.05, 0) is 49.6 Å². The van der Waals surface area contributed by atoms with Crippen LogP contribution in [0.1, 0.15) is 37.2 Å². The molecule has 1 amide bonds. The molecule has 2 heterocycles. The Kier molecular flexibility index (Phi) is 7.73. The van der Waals surface area contributed by atoms with E-state index in [4.69, 9.17) is 14.5 Å². The number of carboxylic acid groups (broad SMARTS) is 1. The first-order chi connectivity index (χ1) is 15.2. The fourth-order valence-corrected chi connectivity index (χ4v) is 4.57. The normalized spacial score (nSPS) is 16.9. The van der Waals surface area contributed by atoms with Gasteiger partial charge in [-0.2, -0.15) is 0 Å². The van der Waals surface area contributed by atoms with Gasteiger partial charge in [0.15, 0.2) is 0 Å². The van der Waals surface area contributed by atoms with Crippen molar-refractivity contribution in [1.29, 1.82) is 0 Å². The molecule has 0 bridgehead atoms. The number of esters is 1. The monoisotopic (exact) mass is 459 g/mol. The maximum atomic E-state index is 11.7. The van der Waals surface area contributed by atoms with Crippen molar-refractivity contribution in [3.63, 3.8) is 0 Å². The zero-order valence-corrected chi connectivity index (χ0v) is 20.3. The first-order valence-electron chi connectivity index (χ1n) is 11.1. The molecule has 0 saturated carbocycles. The first kappa shape index (κ1) is 24.0. The maximum absolute atomic E-state index is 11.7. The molecule has 0 radical (unpaired) electrons. The zero-order valence-electron chi connectivity index (χ0n) is 19.3. The van der Waals surface area contributed by atoms with Gasteiger partial charge < -0.3 is 19.1 Å². The van der Waals surface area contributed by atoms with Gasteiger partial charge in [-0.25, -0.2) is 14.6 Å². The summed E-state index contributed by atoms with van der Waals surface area (Å²) < 4.78 is 12.9. The Balaban J connectivity index is 1.91. The highest BCUT2D eigenvalue weighted by Crippen LogP contribution is 2.33. The minimum atomic E-state index is -1.21. The molecule has 3 rings (SSSR count). The van der Waals surface area contributed by atoms with Crippen molar-refractivity contribution < 1.29 is 24.2 Å². The Morgan fingerprint density at radius 1 is 1.31 bits per heavy atom. The van der Waals surface area contributed by atoms with Crippen molar-refractivity contribution in [3.05, 3.63) is 35.7 Å². The van der Waals surface area contributed by atoms with Crippen LogP contribution in [0.5, 0.6) is 0 Å². The molecule has 174 valence electrons. The highest BCUT2D eigenvalue weighted by atomic mass is 28.3. The largest absolute Gasteiger partial charge is 0.465 e. The molecule has 1 aromatic carbocycles. The maximum Gasteiger partial charge on any atom is 0.407 e. The number of fused-ring (bicyclic) bond motifs is 1. The van der Waals surface area contributed by atoms with E-state index in [1.165, 1.54) is 11.0 Å². The van der Waals surface area contributed by atoms with E-state index >= 15 is 0 Å². The molecule has 1 N–H and O–H groups in total. The highest BCUT2D eigenvalue weighted by Gasteiger charge is 2.33. The molecular formula is C23H33N3O5Si. The van der Waals surface area contributed by atoms with Crippen LogP contribution in [0.15, 0.2) is 24.3 Å². The quantitative estimate of drug-likeness (QED) is 0.252. The Labute approximate surface area is 189 Å². The van der Waals surface area contributed by atoms with Gasteiger partial charge in [-0.1, -0.05) is 25.7 Å². The predicted molar refractivity (Wildman–Crippen MR) is 126 cm³/mol. The summed E-state index contributed by atoms with van der Waals surface area (Å²) in [6.45, 7) is 10.5. The molecule has 8 nitrogen and oxygen atoms in total. The van der Waals surface area contributed by atoms with E-state index < -0.39 is 20.1 Å². The van der Waals surface area contributed by atoms with Gasteiger partial charge in [0.05, 0.1) is 23.7 Å². The number of carbonyl (C=O) groups is 2. The molecular weight excluding hydrogens is 426 g/mol. The lowest BCUT2D eigenvalue weighted by Gasteiger charge is -2.22. The van der Waals surface area contributed by atoms with Crippen molar-refractivity contribution >= 4 is 37.2 Å².